The molecular weight excluding hydrogens is 397 g/mol. The van der Waals surface area contributed by atoms with E-state index in [1.54, 1.807) is 6.07 Å². The quantitative estimate of drug-likeness (QED) is 0.632. The molecule has 1 aromatic heterocycles. The van der Waals surface area contributed by atoms with Crippen molar-refractivity contribution in [3.05, 3.63) is 47.7 Å². The standard InChI is InChI=1S/C22H25F3N2O3/c1-2-14(12-28)10-26-20(29)19-9-17(11-27-21(19)30-13-15-3-4-15)16-5-7-18(8-6-16)22(23,24)25/h5-9,11,14-15,28H,2-4,10,12-13H2,1H3,(H,26,29). The van der Waals surface area contributed by atoms with Crippen molar-refractivity contribution < 1.29 is 27.8 Å². The molecule has 0 spiro atoms. The van der Waals surface area contributed by atoms with Crippen LogP contribution in [-0.4, -0.2) is 35.8 Å². The molecule has 162 valence electrons. The van der Waals surface area contributed by atoms with Crippen molar-refractivity contribution in [1.29, 1.82) is 0 Å². The summed E-state index contributed by atoms with van der Waals surface area (Å²) in [7, 11) is 0. The Morgan fingerprint density at radius 3 is 2.53 bits per heavy atom. The van der Waals surface area contributed by atoms with Gasteiger partial charge in [-0.05, 0) is 54.9 Å². The molecule has 1 amide bonds. The minimum atomic E-state index is -4.41. The van der Waals surface area contributed by atoms with Gasteiger partial charge in [-0.3, -0.25) is 4.79 Å². The van der Waals surface area contributed by atoms with Crippen molar-refractivity contribution in [2.75, 3.05) is 19.8 Å². The van der Waals surface area contributed by atoms with Crippen molar-refractivity contribution in [2.45, 2.75) is 32.4 Å². The minimum Gasteiger partial charge on any atom is -0.477 e. The van der Waals surface area contributed by atoms with Gasteiger partial charge in [-0.15, -0.1) is 0 Å². The second-order valence-corrected chi connectivity index (χ2v) is 7.57. The number of amides is 1. The Hall–Kier alpha value is -2.61. The predicted molar refractivity (Wildman–Crippen MR) is 106 cm³/mol. The van der Waals surface area contributed by atoms with Crippen molar-refractivity contribution in [1.82, 2.24) is 10.3 Å². The van der Waals surface area contributed by atoms with Gasteiger partial charge < -0.3 is 15.2 Å². The first kappa shape index (κ1) is 22.1. The lowest BCUT2D eigenvalue weighted by molar-refractivity contribution is -0.137. The molecule has 1 aliphatic carbocycles. The summed E-state index contributed by atoms with van der Waals surface area (Å²) in [5.74, 6) is 0.216. The van der Waals surface area contributed by atoms with Crippen LogP contribution in [0.2, 0.25) is 0 Å². The topological polar surface area (TPSA) is 71.5 Å². The fourth-order valence-electron chi connectivity index (χ4n) is 2.89. The highest BCUT2D eigenvalue weighted by Gasteiger charge is 2.30. The summed E-state index contributed by atoms with van der Waals surface area (Å²) in [6.45, 7) is 2.66. The van der Waals surface area contributed by atoms with Crippen LogP contribution in [0.3, 0.4) is 0 Å². The number of alkyl halides is 3. The molecule has 3 rings (SSSR count). The SMILES string of the molecule is CCC(CO)CNC(=O)c1cc(-c2ccc(C(F)(F)F)cc2)cnc1OCC1CC1. The summed E-state index contributed by atoms with van der Waals surface area (Å²) >= 11 is 0. The zero-order valence-electron chi connectivity index (χ0n) is 16.7. The van der Waals surface area contributed by atoms with Crippen molar-refractivity contribution in [2.24, 2.45) is 11.8 Å². The largest absolute Gasteiger partial charge is 0.477 e. The van der Waals surface area contributed by atoms with E-state index in [1.807, 2.05) is 6.92 Å². The van der Waals surface area contributed by atoms with Gasteiger partial charge in [0.1, 0.15) is 5.56 Å². The molecule has 30 heavy (non-hydrogen) atoms. The molecule has 1 unspecified atom stereocenters. The Bertz CT molecular complexity index is 861. The molecule has 1 saturated carbocycles. The van der Waals surface area contributed by atoms with E-state index in [4.69, 9.17) is 4.74 Å². The highest BCUT2D eigenvalue weighted by atomic mass is 19.4. The first-order valence-corrected chi connectivity index (χ1v) is 10.0. The second kappa shape index (κ2) is 9.47. The van der Waals surface area contributed by atoms with Crippen LogP contribution in [0, 0.1) is 11.8 Å². The van der Waals surface area contributed by atoms with E-state index in [0.29, 0.717) is 36.6 Å². The Labute approximate surface area is 173 Å². The maximum atomic E-state index is 12.8. The van der Waals surface area contributed by atoms with E-state index in [0.717, 1.165) is 25.0 Å². The number of aliphatic hydroxyl groups excluding tert-OH is 1. The van der Waals surface area contributed by atoms with E-state index in [9.17, 15) is 23.1 Å². The average Bonchev–Trinajstić information content (AvgIpc) is 3.57. The van der Waals surface area contributed by atoms with Crippen molar-refractivity contribution >= 4 is 5.91 Å². The maximum Gasteiger partial charge on any atom is 0.416 e. The van der Waals surface area contributed by atoms with E-state index >= 15 is 0 Å². The van der Waals surface area contributed by atoms with Gasteiger partial charge in [0.25, 0.3) is 5.91 Å². The van der Waals surface area contributed by atoms with Crippen LogP contribution < -0.4 is 10.1 Å². The number of rotatable bonds is 9. The molecule has 1 fully saturated rings. The number of ether oxygens (including phenoxy) is 1. The van der Waals surface area contributed by atoms with E-state index in [1.165, 1.54) is 18.3 Å². The van der Waals surface area contributed by atoms with Crippen LogP contribution >= 0.6 is 0 Å². The van der Waals surface area contributed by atoms with Crippen molar-refractivity contribution in [3.63, 3.8) is 0 Å². The lowest BCUT2D eigenvalue weighted by atomic mass is 10.0. The Morgan fingerprint density at radius 2 is 1.97 bits per heavy atom. The molecule has 0 aliphatic heterocycles. The monoisotopic (exact) mass is 422 g/mol. The third-order valence-electron chi connectivity index (χ3n) is 5.18. The summed E-state index contributed by atoms with van der Waals surface area (Å²) in [6, 6.07) is 6.28. The van der Waals surface area contributed by atoms with Gasteiger partial charge in [-0.2, -0.15) is 13.2 Å². The fraction of sp³-hybridized carbons (Fsp3) is 0.455. The average molecular weight is 422 g/mol. The smallest absolute Gasteiger partial charge is 0.416 e. The van der Waals surface area contributed by atoms with Gasteiger partial charge in [0.2, 0.25) is 5.88 Å². The fourth-order valence-corrected chi connectivity index (χ4v) is 2.89. The number of carbonyl (C=O) groups is 1. The van der Waals surface area contributed by atoms with Crippen molar-refractivity contribution in [3.8, 4) is 17.0 Å². The number of aromatic nitrogens is 1. The number of aliphatic hydroxyl groups is 1. The normalized spacial score (nSPS) is 15.0. The van der Waals surface area contributed by atoms with E-state index < -0.39 is 17.6 Å². The van der Waals surface area contributed by atoms with Crippen LogP contribution in [0.25, 0.3) is 11.1 Å². The van der Waals surface area contributed by atoms with Crippen LogP contribution in [-0.2, 0) is 6.18 Å². The Kier molecular flexibility index (Phi) is 6.97. The Morgan fingerprint density at radius 1 is 1.27 bits per heavy atom. The predicted octanol–water partition coefficient (Wildman–Crippen LogP) is 4.30. The number of nitrogens with zero attached hydrogens (tertiary/aromatic N) is 1. The highest BCUT2D eigenvalue weighted by Crippen LogP contribution is 2.33. The molecule has 2 N–H and O–H groups in total. The van der Waals surface area contributed by atoms with Gasteiger partial charge in [0.15, 0.2) is 0 Å². The molecule has 0 saturated heterocycles. The van der Waals surface area contributed by atoms with Gasteiger partial charge in [-0.1, -0.05) is 19.1 Å². The zero-order valence-corrected chi connectivity index (χ0v) is 16.7. The number of halogens is 3. The number of hydrogen-bond donors (Lipinski definition) is 2. The summed E-state index contributed by atoms with van der Waals surface area (Å²) in [4.78, 5) is 17.0. The summed E-state index contributed by atoms with van der Waals surface area (Å²) in [5, 5.41) is 12.1. The molecule has 1 aliphatic rings. The summed E-state index contributed by atoms with van der Waals surface area (Å²) in [5.41, 5.74) is 0.513. The zero-order chi connectivity index (χ0) is 21.7. The summed E-state index contributed by atoms with van der Waals surface area (Å²) in [6.07, 6.45) is -0.0413. The van der Waals surface area contributed by atoms with Gasteiger partial charge >= 0.3 is 6.18 Å². The third kappa shape index (κ3) is 5.72. The first-order valence-electron chi connectivity index (χ1n) is 10.0. The van der Waals surface area contributed by atoms with E-state index in [-0.39, 0.29) is 24.0 Å². The number of pyridine rings is 1. The molecule has 2 aromatic rings. The second-order valence-electron chi connectivity index (χ2n) is 7.57. The number of nitrogens with one attached hydrogen (secondary N) is 1. The van der Waals surface area contributed by atoms with E-state index in [2.05, 4.69) is 10.3 Å². The van der Waals surface area contributed by atoms with Gasteiger partial charge in [0.05, 0.1) is 12.2 Å². The molecule has 0 radical (unpaired) electrons. The molecule has 5 nitrogen and oxygen atoms in total. The van der Waals surface area contributed by atoms with Crippen LogP contribution in [0.1, 0.15) is 42.1 Å². The maximum absolute atomic E-state index is 12.8. The molecule has 0 bridgehead atoms. The highest BCUT2D eigenvalue weighted by molar-refractivity contribution is 5.97. The first-order chi connectivity index (χ1) is 14.3. The van der Waals surface area contributed by atoms with Crippen LogP contribution in [0.4, 0.5) is 13.2 Å². The summed E-state index contributed by atoms with van der Waals surface area (Å²) < 4.78 is 44.2. The van der Waals surface area contributed by atoms with Gasteiger partial charge in [-0.25, -0.2) is 4.98 Å². The molecule has 1 heterocycles. The molecule has 1 atom stereocenters. The number of carbonyl (C=O) groups excluding carboxylic acids is 1. The minimum absolute atomic E-state index is 0.0361. The molecule has 1 aromatic carbocycles. The molecule has 8 heteroatoms. The van der Waals surface area contributed by atoms with Gasteiger partial charge in [0, 0.05) is 24.9 Å². The lowest BCUT2D eigenvalue weighted by Gasteiger charge is -2.15. The van der Waals surface area contributed by atoms with Crippen LogP contribution in [0.15, 0.2) is 36.5 Å². The van der Waals surface area contributed by atoms with Crippen LogP contribution in [0.5, 0.6) is 5.88 Å². The third-order valence-corrected chi connectivity index (χ3v) is 5.18. The number of hydrogen-bond acceptors (Lipinski definition) is 4. The molecular formula is C22H25F3N2O3. The lowest BCUT2D eigenvalue weighted by Crippen LogP contribution is -2.31. The number of benzene rings is 1. The Balaban J connectivity index is 1.84.